The summed E-state index contributed by atoms with van der Waals surface area (Å²) >= 11 is 0. The second-order valence-electron chi connectivity index (χ2n) is 4.11. The van der Waals surface area contributed by atoms with Crippen molar-refractivity contribution in [3.05, 3.63) is 65.5 Å². The summed E-state index contributed by atoms with van der Waals surface area (Å²) in [4.78, 5) is 15.5. The van der Waals surface area contributed by atoms with Crippen LogP contribution in [0.2, 0.25) is 0 Å². The number of aromatic nitrogens is 1. The van der Waals surface area contributed by atoms with Crippen molar-refractivity contribution >= 4 is 5.91 Å². The third-order valence-electron chi connectivity index (χ3n) is 2.68. The molecular formula is C14H11F3N2O. The molecule has 0 aliphatic carbocycles. The monoisotopic (exact) mass is 280 g/mol. The van der Waals surface area contributed by atoms with Crippen molar-refractivity contribution in [3.63, 3.8) is 0 Å². The highest BCUT2D eigenvalue weighted by Crippen LogP contribution is 2.29. The number of carbonyl (C=O) groups is 1. The maximum Gasteiger partial charge on any atom is 0.416 e. The number of benzene rings is 1. The van der Waals surface area contributed by atoms with Crippen LogP contribution in [0.25, 0.3) is 0 Å². The fourth-order valence-electron chi connectivity index (χ4n) is 1.60. The second kappa shape index (κ2) is 5.73. The summed E-state index contributed by atoms with van der Waals surface area (Å²) in [5.41, 5.74) is 0.342. The number of carbonyl (C=O) groups excluding carboxylic acids is 1. The van der Waals surface area contributed by atoms with Crippen LogP contribution in [0.15, 0.2) is 48.8 Å². The molecule has 0 aliphatic heterocycles. The Morgan fingerprint density at radius 2 is 1.65 bits per heavy atom. The van der Waals surface area contributed by atoms with Crippen LogP contribution < -0.4 is 5.32 Å². The van der Waals surface area contributed by atoms with E-state index in [1.807, 2.05) is 0 Å². The van der Waals surface area contributed by atoms with Crippen molar-refractivity contribution in [1.29, 1.82) is 0 Å². The van der Waals surface area contributed by atoms with Gasteiger partial charge in [0.05, 0.1) is 5.56 Å². The molecule has 1 N–H and O–H groups in total. The Bertz CT molecular complexity index is 580. The molecule has 0 bridgehead atoms. The topological polar surface area (TPSA) is 42.0 Å². The molecule has 3 nitrogen and oxygen atoms in total. The van der Waals surface area contributed by atoms with Crippen molar-refractivity contribution < 1.29 is 18.0 Å². The lowest BCUT2D eigenvalue weighted by Crippen LogP contribution is -2.22. The van der Waals surface area contributed by atoms with Gasteiger partial charge in [-0.05, 0) is 29.8 Å². The molecule has 1 aromatic heterocycles. The lowest BCUT2D eigenvalue weighted by Gasteiger charge is -2.08. The number of nitrogens with one attached hydrogen (secondary N) is 1. The minimum absolute atomic E-state index is 0.166. The van der Waals surface area contributed by atoms with Gasteiger partial charge in [0.15, 0.2) is 0 Å². The molecule has 0 unspecified atom stereocenters. The van der Waals surface area contributed by atoms with Crippen molar-refractivity contribution in [2.45, 2.75) is 12.7 Å². The Labute approximate surface area is 113 Å². The number of rotatable bonds is 3. The number of nitrogens with zero attached hydrogens (tertiary/aromatic N) is 1. The molecule has 0 saturated heterocycles. The summed E-state index contributed by atoms with van der Waals surface area (Å²) < 4.78 is 37.1. The molecule has 0 fully saturated rings. The molecule has 0 aliphatic rings. The van der Waals surface area contributed by atoms with Crippen molar-refractivity contribution in [3.8, 4) is 0 Å². The first kappa shape index (κ1) is 14.0. The quantitative estimate of drug-likeness (QED) is 0.939. The third-order valence-corrected chi connectivity index (χ3v) is 2.68. The standard InChI is InChI=1S/C14H11F3N2O/c15-14(16,17)12-3-1-10(2-4-12)9-19-13(20)11-5-7-18-8-6-11/h1-8H,9H2,(H,19,20). The van der Waals surface area contributed by atoms with E-state index in [2.05, 4.69) is 10.3 Å². The maximum absolute atomic E-state index is 12.4. The summed E-state index contributed by atoms with van der Waals surface area (Å²) in [5, 5.41) is 2.63. The molecule has 2 rings (SSSR count). The van der Waals surface area contributed by atoms with E-state index < -0.39 is 11.7 Å². The fourth-order valence-corrected chi connectivity index (χ4v) is 1.60. The highest BCUT2D eigenvalue weighted by Gasteiger charge is 2.29. The van der Waals surface area contributed by atoms with E-state index in [0.717, 1.165) is 12.1 Å². The molecule has 0 spiro atoms. The van der Waals surface area contributed by atoms with Crippen molar-refractivity contribution in [2.75, 3.05) is 0 Å². The molecule has 0 saturated carbocycles. The van der Waals surface area contributed by atoms with E-state index in [9.17, 15) is 18.0 Å². The summed E-state index contributed by atoms with van der Waals surface area (Å²) in [5.74, 6) is -0.299. The van der Waals surface area contributed by atoms with Gasteiger partial charge in [-0.1, -0.05) is 12.1 Å². The van der Waals surface area contributed by atoms with E-state index in [1.54, 1.807) is 12.1 Å². The molecule has 2 aromatic rings. The van der Waals surface area contributed by atoms with Crippen LogP contribution >= 0.6 is 0 Å². The van der Waals surface area contributed by atoms with Gasteiger partial charge in [-0.15, -0.1) is 0 Å². The first-order valence-electron chi connectivity index (χ1n) is 5.81. The Morgan fingerprint density at radius 3 is 2.20 bits per heavy atom. The zero-order valence-corrected chi connectivity index (χ0v) is 10.3. The van der Waals surface area contributed by atoms with Crippen LogP contribution in [0.3, 0.4) is 0 Å². The molecule has 1 aromatic carbocycles. The summed E-state index contributed by atoms with van der Waals surface area (Å²) in [7, 11) is 0. The Kier molecular flexibility index (Phi) is 4.02. The predicted octanol–water partition coefficient (Wildman–Crippen LogP) is 3.03. The smallest absolute Gasteiger partial charge is 0.348 e. The van der Waals surface area contributed by atoms with Gasteiger partial charge in [-0.3, -0.25) is 9.78 Å². The average molecular weight is 280 g/mol. The van der Waals surface area contributed by atoms with Gasteiger partial charge in [0, 0.05) is 24.5 Å². The minimum Gasteiger partial charge on any atom is -0.348 e. The first-order valence-corrected chi connectivity index (χ1v) is 5.81. The zero-order chi connectivity index (χ0) is 14.6. The molecule has 104 valence electrons. The van der Waals surface area contributed by atoms with E-state index >= 15 is 0 Å². The van der Waals surface area contributed by atoms with Crippen LogP contribution in [0.1, 0.15) is 21.5 Å². The molecular weight excluding hydrogens is 269 g/mol. The number of hydrogen-bond acceptors (Lipinski definition) is 2. The van der Waals surface area contributed by atoms with Crippen LogP contribution in [-0.4, -0.2) is 10.9 Å². The summed E-state index contributed by atoms with van der Waals surface area (Å²) in [6.07, 6.45) is -1.36. The van der Waals surface area contributed by atoms with E-state index in [1.165, 1.54) is 24.5 Å². The maximum atomic E-state index is 12.4. The lowest BCUT2D eigenvalue weighted by molar-refractivity contribution is -0.137. The van der Waals surface area contributed by atoms with Crippen molar-refractivity contribution in [2.24, 2.45) is 0 Å². The fraction of sp³-hybridized carbons (Fsp3) is 0.143. The molecule has 0 radical (unpaired) electrons. The van der Waals surface area contributed by atoms with E-state index in [4.69, 9.17) is 0 Å². The molecule has 20 heavy (non-hydrogen) atoms. The number of alkyl halides is 3. The van der Waals surface area contributed by atoms with Gasteiger partial charge in [0.1, 0.15) is 0 Å². The molecule has 1 amide bonds. The summed E-state index contributed by atoms with van der Waals surface area (Å²) in [6.45, 7) is 0.166. The largest absolute Gasteiger partial charge is 0.416 e. The number of pyridine rings is 1. The van der Waals surface area contributed by atoms with Gasteiger partial charge < -0.3 is 5.32 Å². The first-order chi connectivity index (χ1) is 9.47. The van der Waals surface area contributed by atoms with Gasteiger partial charge in [-0.25, -0.2) is 0 Å². The lowest BCUT2D eigenvalue weighted by atomic mass is 10.1. The van der Waals surface area contributed by atoms with E-state index in [-0.39, 0.29) is 12.5 Å². The number of hydrogen-bond donors (Lipinski definition) is 1. The highest BCUT2D eigenvalue weighted by atomic mass is 19.4. The minimum atomic E-state index is -4.35. The third kappa shape index (κ3) is 3.57. The number of amides is 1. The second-order valence-corrected chi connectivity index (χ2v) is 4.11. The Balaban J connectivity index is 1.96. The normalized spacial score (nSPS) is 11.2. The molecule has 0 atom stereocenters. The van der Waals surface area contributed by atoms with Crippen LogP contribution in [0.4, 0.5) is 13.2 Å². The van der Waals surface area contributed by atoms with Crippen LogP contribution in [0, 0.1) is 0 Å². The van der Waals surface area contributed by atoms with Gasteiger partial charge in [0.25, 0.3) is 5.91 Å². The SMILES string of the molecule is O=C(NCc1ccc(C(F)(F)F)cc1)c1ccncc1. The summed E-state index contributed by atoms with van der Waals surface area (Å²) in [6, 6.07) is 7.79. The number of halogens is 3. The van der Waals surface area contributed by atoms with E-state index in [0.29, 0.717) is 11.1 Å². The van der Waals surface area contributed by atoms with Gasteiger partial charge >= 0.3 is 6.18 Å². The van der Waals surface area contributed by atoms with Crippen LogP contribution in [0.5, 0.6) is 0 Å². The average Bonchev–Trinajstić information content (AvgIpc) is 2.45. The van der Waals surface area contributed by atoms with Crippen molar-refractivity contribution in [1.82, 2.24) is 10.3 Å². The van der Waals surface area contributed by atoms with Gasteiger partial charge in [0.2, 0.25) is 0 Å². The molecule has 6 heteroatoms. The predicted molar refractivity (Wildman–Crippen MR) is 66.9 cm³/mol. The van der Waals surface area contributed by atoms with Gasteiger partial charge in [-0.2, -0.15) is 13.2 Å². The zero-order valence-electron chi connectivity index (χ0n) is 10.3. The molecule has 1 heterocycles. The highest BCUT2D eigenvalue weighted by molar-refractivity contribution is 5.93. The Morgan fingerprint density at radius 1 is 1.05 bits per heavy atom. The van der Waals surface area contributed by atoms with Crippen LogP contribution in [-0.2, 0) is 12.7 Å². The Hall–Kier alpha value is -2.37.